The quantitative estimate of drug-likeness (QED) is 0.509. The number of nitrogens with one attached hydrogen (secondary N) is 1. The van der Waals surface area contributed by atoms with Gasteiger partial charge in [-0.05, 0) is 19.1 Å². The lowest BCUT2D eigenvalue weighted by Crippen LogP contribution is -2.00. The zero-order valence-electron chi connectivity index (χ0n) is 10.0. The summed E-state index contributed by atoms with van der Waals surface area (Å²) in [7, 11) is 0. The second kappa shape index (κ2) is 4.83. The van der Waals surface area contributed by atoms with E-state index in [1.807, 2.05) is 13.0 Å². The van der Waals surface area contributed by atoms with Crippen LogP contribution in [0.3, 0.4) is 0 Å². The van der Waals surface area contributed by atoms with Crippen LogP contribution in [0, 0.1) is 17.0 Å². The van der Waals surface area contributed by atoms with E-state index in [-0.39, 0.29) is 5.69 Å². The van der Waals surface area contributed by atoms with Gasteiger partial charge in [-0.2, -0.15) is 0 Å². The molecule has 0 radical (unpaired) electrons. The van der Waals surface area contributed by atoms with Crippen LogP contribution in [0.15, 0.2) is 36.9 Å². The highest BCUT2D eigenvalue weighted by molar-refractivity contribution is 5.93. The summed E-state index contributed by atoms with van der Waals surface area (Å²) < 4.78 is 0. The molecule has 5 heteroatoms. The average molecular weight is 243 g/mol. The van der Waals surface area contributed by atoms with E-state index in [2.05, 4.69) is 16.9 Å². The first-order valence-electron chi connectivity index (χ1n) is 5.52. The fourth-order valence-corrected chi connectivity index (χ4v) is 1.79. The number of aromatic nitrogens is 1. The number of hydrogen-bond donors (Lipinski definition) is 1. The first-order chi connectivity index (χ1) is 8.61. The minimum absolute atomic E-state index is 0.0646. The molecule has 0 atom stereocenters. The van der Waals surface area contributed by atoms with Crippen LogP contribution < -0.4 is 5.32 Å². The first-order valence-corrected chi connectivity index (χ1v) is 5.52. The molecule has 0 fully saturated rings. The van der Waals surface area contributed by atoms with Crippen LogP contribution in [0.5, 0.6) is 0 Å². The van der Waals surface area contributed by atoms with E-state index in [4.69, 9.17) is 0 Å². The van der Waals surface area contributed by atoms with E-state index in [1.54, 1.807) is 12.1 Å². The second-order valence-corrected chi connectivity index (χ2v) is 3.94. The zero-order valence-corrected chi connectivity index (χ0v) is 10.0. The van der Waals surface area contributed by atoms with Crippen molar-refractivity contribution in [2.75, 3.05) is 11.9 Å². The fourth-order valence-electron chi connectivity index (χ4n) is 1.79. The molecular weight excluding hydrogens is 230 g/mol. The highest BCUT2D eigenvalue weighted by Gasteiger charge is 2.10. The molecule has 0 aliphatic carbocycles. The van der Waals surface area contributed by atoms with E-state index >= 15 is 0 Å². The fraction of sp³-hybridized carbons (Fsp3) is 0.154. The van der Waals surface area contributed by atoms with Crippen LogP contribution in [-0.4, -0.2) is 16.5 Å². The van der Waals surface area contributed by atoms with Gasteiger partial charge in [0.1, 0.15) is 0 Å². The Hall–Kier alpha value is -2.43. The second-order valence-electron chi connectivity index (χ2n) is 3.94. The van der Waals surface area contributed by atoms with E-state index in [0.29, 0.717) is 6.54 Å². The van der Waals surface area contributed by atoms with Crippen LogP contribution in [0.25, 0.3) is 10.9 Å². The largest absolute Gasteiger partial charge is 0.381 e. The Morgan fingerprint density at radius 3 is 2.94 bits per heavy atom. The molecule has 0 saturated heterocycles. The lowest BCUT2D eigenvalue weighted by atomic mass is 10.1. The Kier molecular flexibility index (Phi) is 3.23. The summed E-state index contributed by atoms with van der Waals surface area (Å²) in [5.41, 5.74) is 2.51. The highest BCUT2D eigenvalue weighted by atomic mass is 16.6. The van der Waals surface area contributed by atoms with Crippen molar-refractivity contribution in [1.82, 2.24) is 4.98 Å². The van der Waals surface area contributed by atoms with Crippen molar-refractivity contribution >= 4 is 22.3 Å². The summed E-state index contributed by atoms with van der Waals surface area (Å²) in [4.78, 5) is 14.7. The van der Waals surface area contributed by atoms with Gasteiger partial charge in [0.15, 0.2) is 0 Å². The minimum Gasteiger partial charge on any atom is -0.381 e. The van der Waals surface area contributed by atoms with Gasteiger partial charge in [-0.1, -0.05) is 6.08 Å². The summed E-state index contributed by atoms with van der Waals surface area (Å²) in [6.45, 7) is 6.12. The summed E-state index contributed by atoms with van der Waals surface area (Å²) in [5, 5.41) is 14.7. The number of pyridine rings is 1. The van der Waals surface area contributed by atoms with Crippen LogP contribution in [-0.2, 0) is 0 Å². The van der Waals surface area contributed by atoms with Gasteiger partial charge < -0.3 is 5.32 Å². The summed E-state index contributed by atoms with van der Waals surface area (Å²) >= 11 is 0. The van der Waals surface area contributed by atoms with E-state index < -0.39 is 4.92 Å². The molecule has 0 unspecified atom stereocenters. The minimum atomic E-state index is -0.406. The smallest absolute Gasteiger partial charge is 0.270 e. The molecule has 1 aromatic heterocycles. The van der Waals surface area contributed by atoms with Crippen molar-refractivity contribution in [1.29, 1.82) is 0 Å². The Bertz CT molecular complexity index is 623. The number of hydrogen-bond acceptors (Lipinski definition) is 4. The third-order valence-electron chi connectivity index (χ3n) is 2.57. The van der Waals surface area contributed by atoms with Crippen molar-refractivity contribution in [2.45, 2.75) is 6.92 Å². The molecule has 1 heterocycles. The zero-order chi connectivity index (χ0) is 13.1. The van der Waals surface area contributed by atoms with Gasteiger partial charge >= 0.3 is 0 Å². The van der Waals surface area contributed by atoms with Crippen molar-refractivity contribution < 1.29 is 4.92 Å². The third kappa shape index (κ3) is 2.29. The van der Waals surface area contributed by atoms with E-state index in [0.717, 1.165) is 22.3 Å². The number of nitro benzene ring substituents is 1. The normalized spacial score (nSPS) is 10.3. The molecular formula is C13H13N3O2. The molecule has 0 saturated carbocycles. The number of fused-ring (bicyclic) bond motifs is 1. The molecule has 0 bridgehead atoms. The average Bonchev–Trinajstić information content (AvgIpc) is 2.35. The topological polar surface area (TPSA) is 68.1 Å². The van der Waals surface area contributed by atoms with Crippen molar-refractivity contribution in [2.24, 2.45) is 0 Å². The van der Waals surface area contributed by atoms with Crippen molar-refractivity contribution in [3.8, 4) is 0 Å². The summed E-state index contributed by atoms with van der Waals surface area (Å²) in [6.07, 6.45) is 1.74. The van der Waals surface area contributed by atoms with Gasteiger partial charge in [0, 0.05) is 35.4 Å². The number of benzene rings is 1. The molecule has 92 valence electrons. The number of nitro groups is 1. The molecule has 2 rings (SSSR count). The third-order valence-corrected chi connectivity index (χ3v) is 2.57. The van der Waals surface area contributed by atoms with Crippen molar-refractivity contribution in [3.63, 3.8) is 0 Å². The Labute approximate surface area is 104 Å². The number of aryl methyl sites for hydroxylation is 1. The number of non-ortho nitro benzene ring substituents is 1. The molecule has 0 amide bonds. The molecule has 18 heavy (non-hydrogen) atoms. The maximum Gasteiger partial charge on any atom is 0.270 e. The molecule has 0 spiro atoms. The van der Waals surface area contributed by atoms with Crippen LogP contribution in [0.1, 0.15) is 5.69 Å². The van der Waals surface area contributed by atoms with Crippen LogP contribution in [0.2, 0.25) is 0 Å². The predicted molar refractivity (Wildman–Crippen MR) is 71.8 cm³/mol. The monoisotopic (exact) mass is 243 g/mol. The van der Waals surface area contributed by atoms with Gasteiger partial charge in [0.05, 0.1) is 10.4 Å². The van der Waals surface area contributed by atoms with Gasteiger partial charge in [0.2, 0.25) is 0 Å². The molecule has 1 aromatic carbocycles. The molecule has 0 aliphatic heterocycles. The maximum absolute atomic E-state index is 10.8. The van der Waals surface area contributed by atoms with Crippen LogP contribution in [0.4, 0.5) is 11.4 Å². The van der Waals surface area contributed by atoms with E-state index in [9.17, 15) is 10.1 Å². The molecule has 1 N–H and O–H groups in total. The van der Waals surface area contributed by atoms with Gasteiger partial charge in [-0.25, -0.2) is 0 Å². The van der Waals surface area contributed by atoms with E-state index in [1.165, 1.54) is 12.1 Å². The lowest BCUT2D eigenvalue weighted by Gasteiger charge is -2.08. The first kappa shape index (κ1) is 12.0. The van der Waals surface area contributed by atoms with Gasteiger partial charge in [-0.3, -0.25) is 15.1 Å². The maximum atomic E-state index is 10.8. The molecule has 5 nitrogen and oxygen atoms in total. The Morgan fingerprint density at radius 1 is 1.50 bits per heavy atom. The Balaban J connectivity index is 2.61. The predicted octanol–water partition coefficient (Wildman–Crippen LogP) is 3.05. The standard InChI is InChI=1S/C13H13N3O2/c1-3-6-14-13-7-9(2)15-12-5-4-10(16(17)18)8-11(12)13/h3-5,7-8H,1,6H2,2H3,(H,14,15). The molecule has 0 aliphatic rings. The summed E-state index contributed by atoms with van der Waals surface area (Å²) in [5.74, 6) is 0. The Morgan fingerprint density at radius 2 is 2.28 bits per heavy atom. The molecule has 2 aromatic rings. The highest BCUT2D eigenvalue weighted by Crippen LogP contribution is 2.27. The van der Waals surface area contributed by atoms with Gasteiger partial charge in [0.25, 0.3) is 5.69 Å². The summed E-state index contributed by atoms with van der Waals surface area (Å²) in [6, 6.07) is 6.54. The SMILES string of the molecule is C=CCNc1cc(C)nc2ccc([N+](=O)[O-])cc12. The number of nitrogens with zero attached hydrogens (tertiary/aromatic N) is 2. The van der Waals surface area contributed by atoms with Gasteiger partial charge in [-0.15, -0.1) is 6.58 Å². The van der Waals surface area contributed by atoms with Crippen molar-refractivity contribution in [3.05, 3.63) is 52.7 Å². The number of rotatable bonds is 4. The lowest BCUT2D eigenvalue weighted by molar-refractivity contribution is -0.384. The number of anilines is 1. The van der Waals surface area contributed by atoms with Crippen LogP contribution >= 0.6 is 0 Å².